The Kier molecular flexibility index (Phi) is 2.58. The number of epoxide rings is 2. The zero-order valence-corrected chi connectivity index (χ0v) is 9.53. The van der Waals surface area contributed by atoms with Crippen LogP contribution in [0.5, 0.6) is 0 Å². The van der Waals surface area contributed by atoms with E-state index in [1.54, 1.807) is 0 Å². The average molecular weight is 219 g/mol. The lowest BCUT2D eigenvalue weighted by Gasteiger charge is -2.13. The molecule has 0 radical (unpaired) electrons. The molecule has 0 bridgehead atoms. The molecular formula is C13H17NO2. The van der Waals surface area contributed by atoms with Crippen LogP contribution in [0.15, 0.2) is 18.2 Å². The topological polar surface area (TPSA) is 37.1 Å². The van der Waals surface area contributed by atoms with E-state index in [1.165, 1.54) is 16.8 Å². The Bertz CT molecular complexity index is 384. The van der Waals surface area contributed by atoms with Crippen LogP contribution in [0.3, 0.4) is 0 Å². The number of nitrogens with one attached hydrogen (secondary N) is 1. The lowest BCUT2D eigenvalue weighted by atomic mass is 9.97. The fraction of sp³-hybridized carbons (Fsp3) is 0.538. The van der Waals surface area contributed by atoms with Crippen molar-refractivity contribution in [2.24, 2.45) is 0 Å². The zero-order valence-electron chi connectivity index (χ0n) is 9.53. The summed E-state index contributed by atoms with van der Waals surface area (Å²) in [4.78, 5) is 0. The van der Waals surface area contributed by atoms with Gasteiger partial charge < -0.3 is 14.8 Å². The second-order valence-corrected chi connectivity index (χ2v) is 4.51. The van der Waals surface area contributed by atoms with Gasteiger partial charge in [0.05, 0.1) is 25.4 Å². The molecule has 0 aliphatic carbocycles. The molecule has 2 aliphatic rings. The number of hydrogen-bond donors (Lipinski definition) is 1. The zero-order chi connectivity index (χ0) is 11.0. The quantitative estimate of drug-likeness (QED) is 0.764. The first-order chi connectivity index (χ1) is 7.86. The van der Waals surface area contributed by atoms with Crippen molar-refractivity contribution >= 4 is 5.69 Å². The lowest BCUT2D eigenvalue weighted by Crippen LogP contribution is -2.06. The fourth-order valence-electron chi connectivity index (χ4n) is 2.15. The van der Waals surface area contributed by atoms with Crippen molar-refractivity contribution in [1.82, 2.24) is 0 Å². The predicted molar refractivity (Wildman–Crippen MR) is 62.9 cm³/mol. The molecule has 86 valence electrons. The highest BCUT2D eigenvalue weighted by atomic mass is 16.6. The molecule has 2 unspecified atom stereocenters. The van der Waals surface area contributed by atoms with Crippen molar-refractivity contribution in [2.75, 3.05) is 25.6 Å². The molecule has 0 amide bonds. The Labute approximate surface area is 95.8 Å². The van der Waals surface area contributed by atoms with Crippen LogP contribution in [0.25, 0.3) is 0 Å². The maximum Gasteiger partial charge on any atom is 0.0851 e. The summed E-state index contributed by atoms with van der Waals surface area (Å²) < 4.78 is 10.6. The van der Waals surface area contributed by atoms with Gasteiger partial charge in [-0.3, -0.25) is 0 Å². The molecule has 0 saturated carbocycles. The van der Waals surface area contributed by atoms with Crippen LogP contribution in [-0.4, -0.2) is 32.5 Å². The van der Waals surface area contributed by atoms with E-state index in [0.29, 0.717) is 12.2 Å². The van der Waals surface area contributed by atoms with Crippen molar-refractivity contribution in [3.63, 3.8) is 0 Å². The summed E-state index contributed by atoms with van der Waals surface area (Å²) in [6, 6.07) is 6.45. The number of rotatable bonds is 5. The van der Waals surface area contributed by atoms with Crippen LogP contribution >= 0.6 is 0 Å². The van der Waals surface area contributed by atoms with Crippen molar-refractivity contribution in [3.05, 3.63) is 29.3 Å². The largest absolute Gasteiger partial charge is 0.388 e. The third-order valence-electron chi connectivity index (χ3n) is 3.23. The van der Waals surface area contributed by atoms with E-state index in [1.807, 2.05) is 7.05 Å². The van der Waals surface area contributed by atoms with E-state index < -0.39 is 0 Å². The van der Waals surface area contributed by atoms with Gasteiger partial charge in [-0.25, -0.2) is 0 Å². The van der Waals surface area contributed by atoms with Gasteiger partial charge in [0.1, 0.15) is 0 Å². The molecule has 2 saturated heterocycles. The molecule has 1 aromatic rings. The normalized spacial score (nSPS) is 26.6. The van der Waals surface area contributed by atoms with Gasteiger partial charge in [-0.05, 0) is 17.2 Å². The molecule has 2 atom stereocenters. The SMILES string of the molecule is CNc1cccc(CC2CO2)c1CC1CO1. The van der Waals surface area contributed by atoms with Crippen molar-refractivity contribution < 1.29 is 9.47 Å². The van der Waals surface area contributed by atoms with E-state index in [-0.39, 0.29) is 0 Å². The summed E-state index contributed by atoms with van der Waals surface area (Å²) in [5, 5.41) is 3.27. The lowest BCUT2D eigenvalue weighted by molar-refractivity contribution is 0.402. The Morgan fingerprint density at radius 1 is 1.19 bits per heavy atom. The highest BCUT2D eigenvalue weighted by Gasteiger charge is 2.28. The third kappa shape index (κ3) is 2.20. The van der Waals surface area contributed by atoms with Gasteiger partial charge in [0.25, 0.3) is 0 Å². The van der Waals surface area contributed by atoms with Gasteiger partial charge in [-0.2, -0.15) is 0 Å². The first-order valence-electron chi connectivity index (χ1n) is 5.88. The number of benzene rings is 1. The molecule has 3 heteroatoms. The summed E-state index contributed by atoms with van der Waals surface area (Å²) in [5.74, 6) is 0. The van der Waals surface area contributed by atoms with Crippen LogP contribution in [-0.2, 0) is 22.3 Å². The van der Waals surface area contributed by atoms with Crippen molar-refractivity contribution in [2.45, 2.75) is 25.0 Å². The molecule has 0 spiro atoms. The third-order valence-corrected chi connectivity index (χ3v) is 3.23. The second-order valence-electron chi connectivity index (χ2n) is 4.51. The minimum absolute atomic E-state index is 0.438. The maximum atomic E-state index is 5.33. The number of hydrogen-bond acceptors (Lipinski definition) is 3. The summed E-state index contributed by atoms with van der Waals surface area (Å²) in [5.41, 5.74) is 4.04. The number of ether oxygens (including phenoxy) is 2. The molecule has 1 aromatic carbocycles. The highest BCUT2D eigenvalue weighted by molar-refractivity contribution is 5.55. The molecule has 2 heterocycles. The van der Waals surface area contributed by atoms with Gasteiger partial charge in [-0.15, -0.1) is 0 Å². The van der Waals surface area contributed by atoms with Crippen molar-refractivity contribution in [3.8, 4) is 0 Å². The van der Waals surface area contributed by atoms with E-state index in [0.717, 1.165) is 26.1 Å². The summed E-state index contributed by atoms with van der Waals surface area (Å²) >= 11 is 0. The van der Waals surface area contributed by atoms with E-state index >= 15 is 0 Å². The first-order valence-corrected chi connectivity index (χ1v) is 5.88. The molecule has 16 heavy (non-hydrogen) atoms. The van der Waals surface area contributed by atoms with Gasteiger partial charge in [-0.1, -0.05) is 12.1 Å². The van der Waals surface area contributed by atoms with E-state index in [9.17, 15) is 0 Å². The van der Waals surface area contributed by atoms with Gasteiger partial charge in [0.15, 0.2) is 0 Å². The van der Waals surface area contributed by atoms with Crippen LogP contribution in [0.4, 0.5) is 5.69 Å². The molecule has 2 fully saturated rings. The minimum Gasteiger partial charge on any atom is -0.388 e. The van der Waals surface area contributed by atoms with Gasteiger partial charge in [0, 0.05) is 25.6 Å². The van der Waals surface area contributed by atoms with Crippen molar-refractivity contribution in [1.29, 1.82) is 0 Å². The highest BCUT2D eigenvalue weighted by Crippen LogP contribution is 2.28. The molecule has 3 rings (SSSR count). The molecular weight excluding hydrogens is 202 g/mol. The van der Waals surface area contributed by atoms with Crippen LogP contribution in [0.2, 0.25) is 0 Å². The summed E-state index contributed by atoms with van der Waals surface area (Å²) in [6.45, 7) is 1.83. The van der Waals surface area contributed by atoms with Crippen LogP contribution in [0, 0.1) is 0 Å². The Balaban J connectivity index is 1.86. The molecule has 2 aliphatic heterocycles. The standard InChI is InChI=1S/C13H17NO2/c1-14-13-4-2-3-9(5-10-7-15-10)12(13)6-11-8-16-11/h2-4,10-11,14H,5-8H2,1H3. The maximum absolute atomic E-state index is 5.33. The molecule has 1 N–H and O–H groups in total. The average Bonchev–Trinajstić information content (AvgIpc) is 3.14. The van der Waals surface area contributed by atoms with Gasteiger partial charge in [0.2, 0.25) is 0 Å². The minimum atomic E-state index is 0.438. The Morgan fingerprint density at radius 2 is 1.88 bits per heavy atom. The summed E-state index contributed by atoms with van der Waals surface area (Å²) in [7, 11) is 1.98. The predicted octanol–water partition coefficient (Wildman–Crippen LogP) is 1.61. The molecule has 0 aromatic heterocycles. The van der Waals surface area contributed by atoms with E-state index in [4.69, 9.17) is 9.47 Å². The second kappa shape index (κ2) is 4.07. The Morgan fingerprint density at radius 3 is 2.50 bits per heavy atom. The van der Waals surface area contributed by atoms with E-state index in [2.05, 4.69) is 23.5 Å². The monoisotopic (exact) mass is 219 g/mol. The fourth-order valence-corrected chi connectivity index (χ4v) is 2.15. The summed E-state index contributed by atoms with van der Waals surface area (Å²) in [6.07, 6.45) is 2.95. The van der Waals surface area contributed by atoms with Crippen LogP contribution in [0.1, 0.15) is 11.1 Å². The smallest absolute Gasteiger partial charge is 0.0851 e. The first kappa shape index (κ1) is 10.1. The van der Waals surface area contributed by atoms with Crippen LogP contribution < -0.4 is 5.32 Å². The number of anilines is 1. The molecule has 3 nitrogen and oxygen atoms in total. The van der Waals surface area contributed by atoms with Gasteiger partial charge >= 0.3 is 0 Å². The Hall–Kier alpha value is -1.06.